The van der Waals surface area contributed by atoms with Crippen LogP contribution in [-0.4, -0.2) is 24.7 Å². The monoisotopic (exact) mass is 503 g/mol. The quantitative estimate of drug-likeness (QED) is 0.328. The van der Waals surface area contributed by atoms with Crippen LogP contribution in [0.25, 0.3) is 0 Å². The van der Waals surface area contributed by atoms with E-state index in [-0.39, 0.29) is 11.7 Å². The average molecular weight is 504 g/mol. The van der Waals surface area contributed by atoms with Gasteiger partial charge < -0.3 is 14.8 Å². The third kappa shape index (κ3) is 6.98. The maximum Gasteiger partial charge on any atom is 0.252 e. The van der Waals surface area contributed by atoms with Gasteiger partial charge in [-0.2, -0.15) is 0 Å². The summed E-state index contributed by atoms with van der Waals surface area (Å²) in [5.74, 6) is 0.586. The molecule has 0 spiro atoms. The Morgan fingerprint density at radius 1 is 1.00 bits per heavy atom. The van der Waals surface area contributed by atoms with Crippen molar-refractivity contribution in [2.75, 3.05) is 13.2 Å². The van der Waals surface area contributed by atoms with Crippen molar-refractivity contribution in [1.82, 2.24) is 5.32 Å². The topological polar surface area (TPSA) is 47.6 Å². The second kappa shape index (κ2) is 12.4. The highest BCUT2D eigenvalue weighted by Crippen LogP contribution is 2.29. The average Bonchev–Trinajstić information content (AvgIpc) is 2.90. The van der Waals surface area contributed by atoms with Gasteiger partial charge in [-0.3, -0.25) is 4.79 Å². The molecular weight excluding hydrogens is 465 g/mol. The van der Waals surface area contributed by atoms with E-state index in [4.69, 9.17) is 9.47 Å². The molecule has 0 saturated carbocycles. The summed E-state index contributed by atoms with van der Waals surface area (Å²) in [5, 5.41) is 3.37. The fraction of sp³-hybridized carbons (Fsp3) is 0.406. The Labute approximate surface area is 220 Å². The predicted octanol–water partition coefficient (Wildman–Crippen LogP) is 6.89. The van der Waals surface area contributed by atoms with E-state index in [2.05, 4.69) is 36.5 Å². The van der Waals surface area contributed by atoms with Crippen molar-refractivity contribution in [3.05, 3.63) is 99.9 Å². The molecule has 0 unspecified atom stereocenters. The van der Waals surface area contributed by atoms with Gasteiger partial charge in [0.05, 0.1) is 0 Å². The second-order valence-corrected chi connectivity index (χ2v) is 10.2. The first-order valence-electron chi connectivity index (χ1n) is 13.3. The lowest BCUT2D eigenvalue weighted by Crippen LogP contribution is -2.52. The molecule has 3 aromatic rings. The van der Waals surface area contributed by atoms with Crippen LogP contribution in [0.1, 0.15) is 70.8 Å². The minimum atomic E-state index is -0.424. The third-order valence-electron chi connectivity index (χ3n) is 7.34. The van der Waals surface area contributed by atoms with Gasteiger partial charge in [0.1, 0.15) is 18.2 Å². The number of hydrogen-bond acceptors (Lipinski definition) is 3. The van der Waals surface area contributed by atoms with Crippen molar-refractivity contribution in [2.24, 2.45) is 0 Å². The Balaban J connectivity index is 1.53. The fourth-order valence-electron chi connectivity index (χ4n) is 5.02. The van der Waals surface area contributed by atoms with Gasteiger partial charge in [0.15, 0.2) is 0 Å². The SMILES string of the molecule is CCCc1ccc(COc2cc(C)ccc2C)cc1C(=O)NC1(CCc2ccccc2F)CCOCC1. The molecule has 4 nitrogen and oxygen atoms in total. The van der Waals surface area contributed by atoms with E-state index < -0.39 is 5.54 Å². The molecule has 0 aromatic heterocycles. The van der Waals surface area contributed by atoms with Crippen molar-refractivity contribution < 1.29 is 18.7 Å². The summed E-state index contributed by atoms with van der Waals surface area (Å²) in [6.07, 6.45) is 4.44. The number of carbonyl (C=O) groups is 1. The number of benzene rings is 3. The van der Waals surface area contributed by atoms with E-state index >= 15 is 0 Å². The van der Waals surface area contributed by atoms with E-state index in [1.54, 1.807) is 6.07 Å². The van der Waals surface area contributed by atoms with Crippen molar-refractivity contribution in [2.45, 2.75) is 71.4 Å². The Kier molecular flexibility index (Phi) is 8.99. The molecule has 0 aliphatic carbocycles. The Hall–Kier alpha value is -3.18. The second-order valence-electron chi connectivity index (χ2n) is 10.2. The number of amides is 1. The fourth-order valence-corrected chi connectivity index (χ4v) is 5.02. The van der Waals surface area contributed by atoms with Crippen LogP contribution in [-0.2, 0) is 24.2 Å². The van der Waals surface area contributed by atoms with Crippen LogP contribution < -0.4 is 10.1 Å². The van der Waals surface area contributed by atoms with Gasteiger partial charge in [-0.25, -0.2) is 4.39 Å². The van der Waals surface area contributed by atoms with Gasteiger partial charge in [0.2, 0.25) is 0 Å². The molecule has 1 saturated heterocycles. The zero-order valence-corrected chi connectivity index (χ0v) is 22.2. The van der Waals surface area contributed by atoms with Crippen LogP contribution in [0.5, 0.6) is 5.75 Å². The molecule has 1 aliphatic rings. The molecule has 0 bridgehead atoms. The van der Waals surface area contributed by atoms with Gasteiger partial charge in [-0.1, -0.05) is 55.8 Å². The van der Waals surface area contributed by atoms with E-state index in [1.807, 2.05) is 38.1 Å². The molecule has 196 valence electrons. The standard InChI is InChI=1S/C32H38FNO3/c1-4-7-26-13-12-25(22-37-30-20-23(2)10-11-24(30)3)21-28(26)31(35)34-32(16-18-36-19-17-32)15-14-27-8-5-6-9-29(27)33/h5-6,8-13,20-21H,4,7,14-19,22H2,1-3H3,(H,34,35). The van der Waals surface area contributed by atoms with Crippen LogP contribution >= 0.6 is 0 Å². The van der Waals surface area contributed by atoms with Crippen molar-refractivity contribution >= 4 is 5.91 Å². The molecule has 5 heteroatoms. The molecule has 1 aliphatic heterocycles. The lowest BCUT2D eigenvalue weighted by Gasteiger charge is -2.38. The smallest absolute Gasteiger partial charge is 0.252 e. The van der Waals surface area contributed by atoms with Gasteiger partial charge in [0.25, 0.3) is 5.91 Å². The lowest BCUT2D eigenvalue weighted by atomic mass is 9.83. The number of halogens is 1. The lowest BCUT2D eigenvalue weighted by molar-refractivity contribution is 0.0328. The van der Waals surface area contributed by atoms with Crippen molar-refractivity contribution in [3.8, 4) is 5.75 Å². The maximum absolute atomic E-state index is 14.3. The number of rotatable bonds is 10. The van der Waals surface area contributed by atoms with E-state index in [1.165, 1.54) is 6.07 Å². The maximum atomic E-state index is 14.3. The van der Waals surface area contributed by atoms with Crippen molar-refractivity contribution in [3.63, 3.8) is 0 Å². The third-order valence-corrected chi connectivity index (χ3v) is 7.34. The Bertz CT molecular complexity index is 1220. The van der Waals surface area contributed by atoms with Gasteiger partial charge >= 0.3 is 0 Å². The zero-order chi connectivity index (χ0) is 26.3. The van der Waals surface area contributed by atoms with Gasteiger partial charge in [0, 0.05) is 24.3 Å². The number of aryl methyl sites for hydroxylation is 4. The predicted molar refractivity (Wildman–Crippen MR) is 146 cm³/mol. The summed E-state index contributed by atoms with van der Waals surface area (Å²) in [4.78, 5) is 13.8. The summed E-state index contributed by atoms with van der Waals surface area (Å²) in [6, 6.07) is 19.1. The highest BCUT2D eigenvalue weighted by molar-refractivity contribution is 5.96. The van der Waals surface area contributed by atoms with Gasteiger partial charge in [-0.05, 0) is 92.0 Å². The normalized spacial score (nSPS) is 14.8. The van der Waals surface area contributed by atoms with Gasteiger partial charge in [-0.15, -0.1) is 0 Å². The van der Waals surface area contributed by atoms with Crippen LogP contribution in [0.4, 0.5) is 4.39 Å². The summed E-state index contributed by atoms with van der Waals surface area (Å²) in [7, 11) is 0. The number of hydrogen-bond donors (Lipinski definition) is 1. The minimum Gasteiger partial charge on any atom is -0.489 e. The first-order valence-corrected chi connectivity index (χ1v) is 13.3. The summed E-state index contributed by atoms with van der Waals surface area (Å²) < 4.78 is 26.0. The van der Waals surface area contributed by atoms with E-state index in [0.717, 1.165) is 40.8 Å². The minimum absolute atomic E-state index is 0.0764. The molecule has 1 heterocycles. The molecule has 0 atom stereocenters. The Morgan fingerprint density at radius 2 is 1.78 bits per heavy atom. The van der Waals surface area contributed by atoms with Crippen molar-refractivity contribution in [1.29, 1.82) is 0 Å². The Morgan fingerprint density at radius 3 is 2.54 bits per heavy atom. The summed E-state index contributed by atoms with van der Waals surface area (Å²) in [6.45, 7) is 7.77. The molecule has 1 N–H and O–H groups in total. The van der Waals surface area contributed by atoms with Crippen LogP contribution in [0.2, 0.25) is 0 Å². The van der Waals surface area contributed by atoms with E-state index in [0.29, 0.717) is 56.6 Å². The molecule has 4 rings (SSSR count). The molecular formula is C32H38FNO3. The number of ether oxygens (including phenoxy) is 2. The van der Waals surface area contributed by atoms with Crippen LogP contribution in [0, 0.1) is 19.7 Å². The largest absolute Gasteiger partial charge is 0.489 e. The number of nitrogens with one attached hydrogen (secondary N) is 1. The first-order chi connectivity index (χ1) is 17.9. The summed E-state index contributed by atoms with van der Waals surface area (Å²) in [5.41, 5.74) is 5.18. The zero-order valence-electron chi connectivity index (χ0n) is 22.2. The molecule has 3 aromatic carbocycles. The molecule has 1 fully saturated rings. The van der Waals surface area contributed by atoms with Crippen LogP contribution in [0.3, 0.4) is 0 Å². The molecule has 0 radical (unpaired) electrons. The highest BCUT2D eigenvalue weighted by atomic mass is 19.1. The number of carbonyl (C=O) groups excluding carboxylic acids is 1. The molecule has 1 amide bonds. The molecule has 37 heavy (non-hydrogen) atoms. The van der Waals surface area contributed by atoms with E-state index in [9.17, 15) is 9.18 Å². The van der Waals surface area contributed by atoms with Crippen LogP contribution in [0.15, 0.2) is 60.7 Å². The first kappa shape index (κ1) is 26.9. The summed E-state index contributed by atoms with van der Waals surface area (Å²) >= 11 is 0. The highest BCUT2D eigenvalue weighted by Gasteiger charge is 2.34.